The second kappa shape index (κ2) is 5.09. The summed E-state index contributed by atoms with van der Waals surface area (Å²) >= 11 is 0. The highest BCUT2D eigenvalue weighted by atomic mass is 16.1. The molecule has 0 aliphatic heterocycles. The Kier molecular flexibility index (Phi) is 3.26. The molecule has 2 aromatic carbocycles. The number of carbonyl (C=O) groups excluding carboxylic acids is 1. The molecule has 3 heteroatoms. The SMILES string of the molecule is Cc1ccc(NC(=O)c2[nH]c3ccccc3c2C)cc1C. The van der Waals surface area contributed by atoms with Crippen molar-refractivity contribution in [1.82, 2.24) is 4.98 Å². The van der Waals surface area contributed by atoms with Crippen LogP contribution in [0.3, 0.4) is 0 Å². The van der Waals surface area contributed by atoms with Crippen LogP contribution < -0.4 is 5.32 Å². The van der Waals surface area contributed by atoms with Crippen LogP contribution in [0.25, 0.3) is 10.9 Å². The van der Waals surface area contributed by atoms with Gasteiger partial charge in [-0.05, 0) is 55.7 Å². The summed E-state index contributed by atoms with van der Waals surface area (Å²) in [7, 11) is 0. The van der Waals surface area contributed by atoms with Crippen molar-refractivity contribution in [3.63, 3.8) is 0 Å². The Morgan fingerprint density at radius 2 is 1.76 bits per heavy atom. The van der Waals surface area contributed by atoms with E-state index in [-0.39, 0.29) is 5.91 Å². The number of aromatic amines is 1. The highest BCUT2D eigenvalue weighted by molar-refractivity contribution is 6.07. The van der Waals surface area contributed by atoms with Crippen molar-refractivity contribution in [3.05, 3.63) is 64.8 Å². The van der Waals surface area contributed by atoms with Crippen LogP contribution in [-0.2, 0) is 0 Å². The minimum atomic E-state index is -0.105. The molecule has 1 aromatic heterocycles. The van der Waals surface area contributed by atoms with Crippen LogP contribution in [0.15, 0.2) is 42.5 Å². The molecule has 1 heterocycles. The molecule has 3 aromatic rings. The molecule has 21 heavy (non-hydrogen) atoms. The monoisotopic (exact) mass is 278 g/mol. The number of hydrogen-bond donors (Lipinski definition) is 2. The molecule has 0 aliphatic rings. The summed E-state index contributed by atoms with van der Waals surface area (Å²) in [6, 6.07) is 13.9. The standard InChI is InChI=1S/C18H18N2O/c1-11-8-9-14(10-12(11)2)19-18(21)17-13(3)15-6-4-5-7-16(15)20-17/h4-10,20H,1-3H3,(H,19,21). The van der Waals surface area contributed by atoms with Gasteiger partial charge >= 0.3 is 0 Å². The van der Waals surface area contributed by atoms with Gasteiger partial charge in [-0.15, -0.1) is 0 Å². The first-order valence-corrected chi connectivity index (χ1v) is 7.02. The Hall–Kier alpha value is -2.55. The molecule has 0 spiro atoms. The zero-order valence-electron chi connectivity index (χ0n) is 12.4. The Morgan fingerprint density at radius 1 is 1.00 bits per heavy atom. The van der Waals surface area contributed by atoms with E-state index in [9.17, 15) is 4.79 Å². The third-order valence-electron chi connectivity index (χ3n) is 3.96. The van der Waals surface area contributed by atoms with Crippen LogP contribution in [0.2, 0.25) is 0 Å². The van der Waals surface area contributed by atoms with Gasteiger partial charge in [0.1, 0.15) is 5.69 Å². The summed E-state index contributed by atoms with van der Waals surface area (Å²) in [5.74, 6) is -0.105. The normalized spacial score (nSPS) is 10.8. The van der Waals surface area contributed by atoms with E-state index in [1.54, 1.807) is 0 Å². The number of para-hydroxylation sites is 1. The van der Waals surface area contributed by atoms with Crippen molar-refractivity contribution in [1.29, 1.82) is 0 Å². The average Bonchev–Trinajstić information content (AvgIpc) is 2.81. The predicted molar refractivity (Wildman–Crippen MR) is 86.9 cm³/mol. The second-order valence-corrected chi connectivity index (χ2v) is 5.42. The van der Waals surface area contributed by atoms with Gasteiger partial charge < -0.3 is 10.3 Å². The van der Waals surface area contributed by atoms with Gasteiger partial charge in [0.25, 0.3) is 5.91 Å². The predicted octanol–water partition coefficient (Wildman–Crippen LogP) is 4.35. The maximum absolute atomic E-state index is 12.5. The highest BCUT2D eigenvalue weighted by Crippen LogP contribution is 2.22. The average molecular weight is 278 g/mol. The molecular weight excluding hydrogens is 260 g/mol. The lowest BCUT2D eigenvalue weighted by atomic mass is 10.1. The number of H-pyrrole nitrogens is 1. The number of fused-ring (bicyclic) bond motifs is 1. The number of anilines is 1. The molecule has 3 nitrogen and oxygen atoms in total. The molecule has 106 valence electrons. The molecule has 0 aliphatic carbocycles. The first-order valence-electron chi connectivity index (χ1n) is 7.02. The van der Waals surface area contributed by atoms with Crippen LogP contribution >= 0.6 is 0 Å². The van der Waals surface area contributed by atoms with Crippen LogP contribution in [0.1, 0.15) is 27.2 Å². The van der Waals surface area contributed by atoms with E-state index in [4.69, 9.17) is 0 Å². The van der Waals surface area contributed by atoms with E-state index in [1.165, 1.54) is 11.1 Å². The molecule has 3 rings (SSSR count). The molecule has 0 saturated heterocycles. The summed E-state index contributed by atoms with van der Waals surface area (Å²) in [6.45, 7) is 6.07. The Balaban J connectivity index is 1.93. The number of nitrogens with one attached hydrogen (secondary N) is 2. The van der Waals surface area contributed by atoms with Crippen LogP contribution in [-0.4, -0.2) is 10.9 Å². The minimum Gasteiger partial charge on any atom is -0.350 e. The molecular formula is C18H18N2O. The lowest BCUT2D eigenvalue weighted by Gasteiger charge is -2.07. The number of hydrogen-bond acceptors (Lipinski definition) is 1. The molecule has 0 saturated carbocycles. The van der Waals surface area contributed by atoms with Crippen molar-refractivity contribution in [2.45, 2.75) is 20.8 Å². The molecule has 0 bridgehead atoms. The van der Waals surface area contributed by atoms with Gasteiger partial charge in [-0.25, -0.2) is 0 Å². The molecule has 0 radical (unpaired) electrons. The fourth-order valence-corrected chi connectivity index (χ4v) is 2.52. The number of carbonyl (C=O) groups is 1. The fourth-order valence-electron chi connectivity index (χ4n) is 2.52. The lowest BCUT2D eigenvalue weighted by Crippen LogP contribution is -2.13. The van der Waals surface area contributed by atoms with E-state index in [0.717, 1.165) is 22.2 Å². The van der Waals surface area contributed by atoms with E-state index < -0.39 is 0 Å². The number of aromatic nitrogens is 1. The highest BCUT2D eigenvalue weighted by Gasteiger charge is 2.14. The van der Waals surface area contributed by atoms with Crippen molar-refractivity contribution >= 4 is 22.5 Å². The zero-order valence-corrected chi connectivity index (χ0v) is 12.4. The molecule has 0 unspecified atom stereocenters. The molecule has 0 atom stereocenters. The second-order valence-electron chi connectivity index (χ2n) is 5.42. The third kappa shape index (κ3) is 2.42. The first-order chi connectivity index (χ1) is 10.1. The Morgan fingerprint density at radius 3 is 2.48 bits per heavy atom. The van der Waals surface area contributed by atoms with Gasteiger partial charge in [-0.1, -0.05) is 24.3 Å². The van der Waals surface area contributed by atoms with Gasteiger partial charge in [-0.3, -0.25) is 4.79 Å². The largest absolute Gasteiger partial charge is 0.350 e. The summed E-state index contributed by atoms with van der Waals surface area (Å²) < 4.78 is 0. The molecule has 1 amide bonds. The van der Waals surface area contributed by atoms with Crippen molar-refractivity contribution < 1.29 is 4.79 Å². The van der Waals surface area contributed by atoms with E-state index >= 15 is 0 Å². The van der Waals surface area contributed by atoms with E-state index in [2.05, 4.69) is 17.2 Å². The van der Waals surface area contributed by atoms with Gasteiger partial charge in [0.05, 0.1) is 0 Å². The maximum Gasteiger partial charge on any atom is 0.272 e. The van der Waals surface area contributed by atoms with Gasteiger partial charge in [0.2, 0.25) is 0 Å². The number of amides is 1. The zero-order chi connectivity index (χ0) is 15.0. The summed E-state index contributed by atoms with van der Waals surface area (Å²) in [5, 5.41) is 4.04. The topological polar surface area (TPSA) is 44.9 Å². The lowest BCUT2D eigenvalue weighted by molar-refractivity contribution is 0.102. The van der Waals surface area contributed by atoms with Gasteiger partial charge in [0, 0.05) is 16.6 Å². The molecule has 0 fully saturated rings. The van der Waals surface area contributed by atoms with Gasteiger partial charge in [-0.2, -0.15) is 0 Å². The summed E-state index contributed by atoms with van der Waals surface area (Å²) in [6.07, 6.45) is 0. The van der Waals surface area contributed by atoms with Crippen LogP contribution in [0, 0.1) is 20.8 Å². The van der Waals surface area contributed by atoms with Crippen molar-refractivity contribution in [2.75, 3.05) is 5.32 Å². The number of aryl methyl sites for hydroxylation is 3. The smallest absolute Gasteiger partial charge is 0.272 e. The Labute approximate surface area is 124 Å². The maximum atomic E-state index is 12.5. The van der Waals surface area contributed by atoms with Crippen molar-refractivity contribution in [2.24, 2.45) is 0 Å². The van der Waals surface area contributed by atoms with E-state index in [0.29, 0.717) is 5.69 Å². The third-order valence-corrected chi connectivity index (χ3v) is 3.96. The fraction of sp³-hybridized carbons (Fsp3) is 0.167. The first kappa shape index (κ1) is 13.4. The number of benzene rings is 2. The quantitative estimate of drug-likeness (QED) is 0.719. The van der Waals surface area contributed by atoms with Crippen LogP contribution in [0.4, 0.5) is 5.69 Å². The molecule has 2 N–H and O–H groups in total. The Bertz CT molecular complexity index is 830. The van der Waals surface area contributed by atoms with Crippen molar-refractivity contribution in [3.8, 4) is 0 Å². The van der Waals surface area contributed by atoms with Gasteiger partial charge in [0.15, 0.2) is 0 Å². The summed E-state index contributed by atoms with van der Waals surface area (Å²) in [4.78, 5) is 15.7. The van der Waals surface area contributed by atoms with E-state index in [1.807, 2.05) is 56.3 Å². The van der Waals surface area contributed by atoms with Crippen LogP contribution in [0.5, 0.6) is 0 Å². The summed E-state index contributed by atoms with van der Waals surface area (Å²) in [5.41, 5.74) is 5.79. The minimum absolute atomic E-state index is 0.105. The number of rotatable bonds is 2.